The van der Waals surface area contributed by atoms with E-state index in [1.807, 2.05) is 84.9 Å². The largest absolute Gasteiger partial charge is 0 e. The summed E-state index contributed by atoms with van der Waals surface area (Å²) in [6.07, 6.45) is 0. The Labute approximate surface area is 190 Å². The van der Waals surface area contributed by atoms with Gasteiger partial charge in [-0.25, -0.2) is 0 Å². The van der Waals surface area contributed by atoms with Crippen LogP contribution < -0.4 is 0 Å². The van der Waals surface area contributed by atoms with Gasteiger partial charge in [-0.1, -0.05) is 84.9 Å². The quantitative estimate of drug-likeness (QED) is 0.241. The zero-order chi connectivity index (χ0) is 22.5. The molecule has 0 radical (unpaired) electrons. The topological polar surface area (TPSA) is 100 Å². The first-order valence-electron chi connectivity index (χ1n) is 8.46. The number of phenols is 2. The number of phenolic OH excluding ortho intramolecular Hbond substituents is 2. The third-order valence-corrected chi connectivity index (χ3v) is 4.29. The van der Waals surface area contributed by atoms with Crippen LogP contribution in [0.5, 0.6) is 11.5 Å². The van der Waals surface area contributed by atoms with E-state index in [-0.39, 0.29) is 28.9 Å². The van der Waals surface area contributed by atoms with E-state index in [9.17, 15) is 10.2 Å². The van der Waals surface area contributed by atoms with Crippen LogP contribution in [0, 0.1) is 20.0 Å². The Hall–Kier alpha value is -3.51. The first-order valence-corrected chi connectivity index (χ1v) is 8.46. The van der Waals surface area contributed by atoms with Crippen molar-refractivity contribution >= 4 is 10.8 Å². The summed E-state index contributed by atoms with van der Waals surface area (Å²) in [6.45, 7) is 13.5. The van der Waals surface area contributed by atoms with Crippen LogP contribution in [0.4, 0.5) is 0 Å². The van der Waals surface area contributed by atoms with Gasteiger partial charge in [-0.3, -0.25) is 0 Å². The molecule has 0 fully saturated rings. The molecule has 0 bridgehead atoms. The number of aromatic hydroxyl groups is 2. The molecule has 0 saturated heterocycles. The molecule has 31 heavy (non-hydrogen) atoms. The van der Waals surface area contributed by atoms with Crippen LogP contribution in [-0.4, -0.2) is 10.2 Å². The molecule has 0 atom stereocenters. The molecule has 0 aliphatic rings. The van der Waals surface area contributed by atoms with Gasteiger partial charge in [0.25, 0.3) is 0 Å². The van der Waals surface area contributed by atoms with Gasteiger partial charge in [-0.15, -0.1) is 0 Å². The van der Waals surface area contributed by atoms with Crippen molar-refractivity contribution in [1.29, 1.82) is 0 Å². The van der Waals surface area contributed by atoms with Crippen LogP contribution in [0.2, 0.25) is 0 Å². The maximum atomic E-state index is 11.0. The van der Waals surface area contributed by atoms with E-state index in [2.05, 4.69) is 20.0 Å². The summed E-state index contributed by atoms with van der Waals surface area (Å²) < 4.78 is 22.5. The molecule has 0 spiro atoms. The van der Waals surface area contributed by atoms with Crippen molar-refractivity contribution in [3.8, 4) is 33.8 Å². The summed E-state index contributed by atoms with van der Waals surface area (Å²) in [4.78, 5) is 0. The predicted octanol–water partition coefficient (Wildman–Crippen LogP) is 5.47. The number of benzene rings is 4. The van der Waals surface area contributed by atoms with Gasteiger partial charge >= 0.3 is 33.9 Å². The maximum Gasteiger partial charge on any atom is 0 e. The molecule has 0 unspecified atom stereocenters. The van der Waals surface area contributed by atoms with Gasteiger partial charge in [-0.2, -0.15) is 0 Å². The minimum absolute atomic E-state index is 0. The minimum atomic E-state index is 0. The Balaban J connectivity index is 0.00000119. The summed E-state index contributed by atoms with van der Waals surface area (Å²) in [7, 11) is 0. The normalized spacial score (nSPS) is 8.58. The molecule has 0 aliphatic carbocycles. The van der Waals surface area contributed by atoms with E-state index in [0.717, 1.165) is 11.1 Å². The molecule has 4 aromatic carbocycles. The van der Waals surface area contributed by atoms with Crippen molar-refractivity contribution in [2.24, 2.45) is 0 Å². The number of hydrogen-bond acceptors (Lipinski definition) is 2. The van der Waals surface area contributed by atoms with E-state index in [0.29, 0.717) is 21.9 Å². The molecule has 4 aromatic rings. The van der Waals surface area contributed by atoms with Crippen LogP contribution in [0.25, 0.3) is 33.0 Å². The Bertz CT molecular complexity index is 1050. The Morgan fingerprint density at radius 2 is 0.710 bits per heavy atom. The van der Waals surface area contributed by atoms with Gasteiger partial charge < -0.3 is 10.2 Å². The maximum absolute atomic E-state index is 11.0. The van der Waals surface area contributed by atoms with Crippen LogP contribution >= 0.6 is 0 Å². The second-order valence-corrected chi connectivity index (χ2v) is 5.72. The molecular formula is C25H16CrO5. The second-order valence-electron chi connectivity index (χ2n) is 5.72. The third kappa shape index (κ3) is 5.99. The molecule has 0 heterocycles. The fourth-order valence-electron chi connectivity index (χ4n) is 3.17. The summed E-state index contributed by atoms with van der Waals surface area (Å²) >= 11 is 0. The molecule has 2 N–H and O–H groups in total. The van der Waals surface area contributed by atoms with Gasteiger partial charge in [-0.05, 0) is 11.1 Å². The molecule has 0 saturated carbocycles. The fourth-order valence-corrected chi connectivity index (χ4v) is 3.17. The van der Waals surface area contributed by atoms with Gasteiger partial charge in [0.1, 0.15) is 11.5 Å². The minimum Gasteiger partial charge on any atom is 0 e. The van der Waals surface area contributed by atoms with Gasteiger partial charge in [0, 0.05) is 39.3 Å². The van der Waals surface area contributed by atoms with E-state index in [4.69, 9.17) is 14.0 Å². The first-order chi connectivity index (χ1) is 14.8. The summed E-state index contributed by atoms with van der Waals surface area (Å²) in [6, 6.07) is 26.7. The van der Waals surface area contributed by atoms with Crippen LogP contribution in [0.15, 0.2) is 84.9 Å². The molecule has 0 amide bonds. The van der Waals surface area contributed by atoms with Gasteiger partial charge in [0.2, 0.25) is 0 Å². The van der Waals surface area contributed by atoms with Crippen molar-refractivity contribution in [1.82, 2.24) is 0 Å². The van der Waals surface area contributed by atoms with E-state index in [1.54, 1.807) is 0 Å². The Morgan fingerprint density at radius 1 is 0.452 bits per heavy atom. The zero-order valence-corrected chi connectivity index (χ0v) is 17.4. The first kappa shape index (κ1) is 27.5. The summed E-state index contributed by atoms with van der Waals surface area (Å²) in [5.41, 5.74) is 3.04. The van der Waals surface area contributed by atoms with Crippen molar-refractivity contribution < 1.29 is 41.5 Å². The van der Waals surface area contributed by atoms with E-state index < -0.39 is 0 Å². The predicted molar refractivity (Wildman–Crippen MR) is 110 cm³/mol. The smallest absolute Gasteiger partial charge is 0 e. The van der Waals surface area contributed by atoms with Crippen molar-refractivity contribution in [3.63, 3.8) is 0 Å². The molecule has 0 aromatic heterocycles. The summed E-state index contributed by atoms with van der Waals surface area (Å²) in [5, 5.41) is 23.2. The van der Waals surface area contributed by atoms with Gasteiger partial charge in [0.15, 0.2) is 0 Å². The Kier molecular flexibility index (Phi) is 12.8. The molecule has 4 rings (SSSR count). The van der Waals surface area contributed by atoms with E-state index >= 15 is 0 Å². The molecular weight excluding hydrogens is 432 g/mol. The molecule has 0 aliphatic heterocycles. The fraction of sp³-hybridized carbons (Fsp3) is 0. The van der Waals surface area contributed by atoms with Gasteiger partial charge in [0.05, 0.1) is 0 Å². The number of rotatable bonds is 2. The molecule has 152 valence electrons. The average molecular weight is 448 g/mol. The van der Waals surface area contributed by atoms with Crippen molar-refractivity contribution in [3.05, 3.63) is 105 Å². The number of hydrogen-bond donors (Lipinski definition) is 2. The Morgan fingerprint density at radius 3 is 1.00 bits per heavy atom. The summed E-state index contributed by atoms with van der Waals surface area (Å²) in [5.74, 6) is 0.377. The SMILES string of the molecule is Oc1c(-c2ccccc2)c(-c2ccccc2)c(O)c2ccccc12.[C-]#[O+].[C-]#[O+].[C-]#[O+].[Cr]. The average Bonchev–Trinajstić information content (AvgIpc) is 2.86. The molecule has 6 heteroatoms. The zero-order valence-electron chi connectivity index (χ0n) is 16.1. The second kappa shape index (κ2) is 14.5. The van der Waals surface area contributed by atoms with Crippen LogP contribution in [0.1, 0.15) is 0 Å². The van der Waals surface area contributed by atoms with Crippen LogP contribution in [0.3, 0.4) is 0 Å². The standard InChI is InChI=1S/C22H16O2.3CO.Cr/c23-21-17-13-7-8-14-18(17)22(24)20(16-11-5-2-6-12-16)19(21)15-9-3-1-4-10-15;3*1-2;/h1-14,23-24H;;;;. The van der Waals surface area contributed by atoms with Crippen molar-refractivity contribution in [2.75, 3.05) is 0 Å². The van der Waals surface area contributed by atoms with Crippen molar-refractivity contribution in [2.45, 2.75) is 0 Å². The third-order valence-electron chi connectivity index (χ3n) is 4.29. The van der Waals surface area contributed by atoms with E-state index in [1.165, 1.54) is 0 Å². The molecule has 5 nitrogen and oxygen atoms in total. The number of fused-ring (bicyclic) bond motifs is 1. The van der Waals surface area contributed by atoms with Crippen LogP contribution in [-0.2, 0) is 31.3 Å². The monoisotopic (exact) mass is 448 g/mol.